The van der Waals surface area contributed by atoms with Crippen LogP contribution in [0.1, 0.15) is 0 Å². The van der Waals surface area contributed by atoms with Crippen LogP contribution in [0.4, 0.5) is 44.0 Å². The van der Waals surface area contributed by atoms with Gasteiger partial charge in [-0.1, -0.05) is 0 Å². The Labute approximate surface area is 79.6 Å². The highest BCUT2D eigenvalue weighted by Gasteiger charge is 2.72. The maximum absolute atomic E-state index is 12.1. The van der Waals surface area contributed by atoms with Gasteiger partial charge in [0.2, 0.25) is 0 Å². The minimum atomic E-state index is -6.67. The molecule has 0 aliphatic carbocycles. The van der Waals surface area contributed by atoms with Gasteiger partial charge in [-0.15, -0.1) is 4.94 Å². The summed E-state index contributed by atoms with van der Waals surface area (Å²) in [5, 5.41) is 0. The standard InChI is InChI=1S/C4F10O2/c5-1(6,7)3(11,12)15-4(13,16-14)2(8,9)10. The summed E-state index contributed by atoms with van der Waals surface area (Å²) in [5.74, 6) is 0. The van der Waals surface area contributed by atoms with E-state index in [1.165, 1.54) is 4.94 Å². The maximum atomic E-state index is 12.1. The quantitative estimate of drug-likeness (QED) is 0.579. The van der Waals surface area contributed by atoms with Crippen molar-refractivity contribution in [1.82, 2.24) is 0 Å². The fraction of sp³-hybridized carbons (Fsp3) is 1.00. The molecule has 0 aromatic carbocycles. The third kappa shape index (κ3) is 2.87. The molecule has 0 fully saturated rings. The fourth-order valence-corrected chi connectivity index (χ4v) is 0.340. The van der Waals surface area contributed by atoms with Gasteiger partial charge < -0.3 is 0 Å². The molecule has 0 bridgehead atoms. The molecule has 0 aromatic heterocycles. The second kappa shape index (κ2) is 3.91. The summed E-state index contributed by atoms with van der Waals surface area (Å²) < 4.78 is 117. The summed E-state index contributed by atoms with van der Waals surface area (Å²) in [5.41, 5.74) is 0. The Morgan fingerprint density at radius 1 is 0.625 bits per heavy atom. The van der Waals surface area contributed by atoms with Gasteiger partial charge >= 0.3 is 24.5 Å². The molecule has 0 aliphatic rings. The van der Waals surface area contributed by atoms with Gasteiger partial charge in [0.15, 0.2) is 0 Å². The van der Waals surface area contributed by atoms with E-state index in [1.54, 1.807) is 4.74 Å². The molecule has 0 saturated heterocycles. The van der Waals surface area contributed by atoms with Crippen LogP contribution in [0.3, 0.4) is 0 Å². The molecule has 1 atom stereocenters. The minimum Gasteiger partial charge on any atom is -0.242 e. The predicted octanol–water partition coefficient (Wildman–Crippen LogP) is 3.24. The van der Waals surface area contributed by atoms with Crippen molar-refractivity contribution >= 4 is 0 Å². The highest BCUT2D eigenvalue weighted by molar-refractivity contribution is 4.72. The van der Waals surface area contributed by atoms with E-state index in [-0.39, 0.29) is 0 Å². The lowest BCUT2D eigenvalue weighted by Gasteiger charge is -2.28. The van der Waals surface area contributed by atoms with E-state index in [0.717, 1.165) is 0 Å². The molecule has 0 radical (unpaired) electrons. The summed E-state index contributed by atoms with van der Waals surface area (Å²) in [7, 11) is 0. The second-order valence-electron chi connectivity index (χ2n) is 2.23. The first-order valence-corrected chi connectivity index (χ1v) is 2.97. The monoisotopic (exact) mass is 270 g/mol. The van der Waals surface area contributed by atoms with Gasteiger partial charge in [0, 0.05) is 0 Å². The highest BCUT2D eigenvalue weighted by Crippen LogP contribution is 2.45. The number of rotatable bonds is 3. The van der Waals surface area contributed by atoms with Crippen LogP contribution in [-0.2, 0) is 9.68 Å². The Hall–Kier alpha value is -0.780. The topological polar surface area (TPSA) is 18.5 Å². The first kappa shape index (κ1) is 15.2. The van der Waals surface area contributed by atoms with Gasteiger partial charge in [-0.05, 0) is 4.53 Å². The Balaban J connectivity index is 5.08. The molecule has 0 aliphatic heterocycles. The van der Waals surface area contributed by atoms with Gasteiger partial charge in [0.1, 0.15) is 0 Å². The second-order valence-corrected chi connectivity index (χ2v) is 2.23. The molecule has 0 aromatic rings. The van der Waals surface area contributed by atoms with E-state index >= 15 is 0 Å². The molecule has 16 heavy (non-hydrogen) atoms. The number of hydrogen-bond acceptors (Lipinski definition) is 2. The summed E-state index contributed by atoms with van der Waals surface area (Å²) in [6.07, 6.45) is -19.8. The van der Waals surface area contributed by atoms with Crippen LogP contribution in [0.25, 0.3) is 0 Å². The summed E-state index contributed by atoms with van der Waals surface area (Å²) in [4.78, 5) is 1.34. The van der Waals surface area contributed by atoms with Crippen molar-refractivity contribution in [3.63, 3.8) is 0 Å². The van der Waals surface area contributed by atoms with Gasteiger partial charge in [0.05, 0.1) is 0 Å². The molecular formula is C4F10O2. The molecule has 0 heterocycles. The molecule has 12 heteroatoms. The van der Waals surface area contributed by atoms with Crippen molar-refractivity contribution in [3.05, 3.63) is 0 Å². The van der Waals surface area contributed by atoms with Crippen LogP contribution in [0.5, 0.6) is 0 Å². The third-order valence-electron chi connectivity index (χ3n) is 1.03. The lowest BCUT2D eigenvalue weighted by molar-refractivity contribution is -0.558. The zero-order valence-corrected chi connectivity index (χ0v) is 6.60. The third-order valence-corrected chi connectivity index (χ3v) is 1.03. The number of ether oxygens (including phenoxy) is 1. The zero-order valence-electron chi connectivity index (χ0n) is 6.60. The Bertz CT molecular complexity index is 242. The molecule has 0 rings (SSSR count). The van der Waals surface area contributed by atoms with E-state index in [1.807, 2.05) is 0 Å². The molecular weight excluding hydrogens is 270 g/mol. The van der Waals surface area contributed by atoms with Crippen molar-refractivity contribution < 1.29 is 53.7 Å². The van der Waals surface area contributed by atoms with Crippen molar-refractivity contribution in [2.45, 2.75) is 24.5 Å². The van der Waals surface area contributed by atoms with Crippen molar-refractivity contribution in [3.8, 4) is 0 Å². The van der Waals surface area contributed by atoms with E-state index < -0.39 is 24.5 Å². The number of hydrogen-bond donors (Lipinski definition) is 0. The summed E-state index contributed by atoms with van der Waals surface area (Å²) >= 11 is 0. The zero-order chi connectivity index (χ0) is 13.4. The van der Waals surface area contributed by atoms with Crippen molar-refractivity contribution in [1.29, 1.82) is 0 Å². The first-order valence-electron chi connectivity index (χ1n) is 2.97. The largest absolute Gasteiger partial charge is 0.483 e. The van der Waals surface area contributed by atoms with Crippen LogP contribution < -0.4 is 0 Å². The molecule has 1 unspecified atom stereocenters. The van der Waals surface area contributed by atoms with Gasteiger partial charge in [0.25, 0.3) is 0 Å². The van der Waals surface area contributed by atoms with Crippen LogP contribution in [-0.4, -0.2) is 24.5 Å². The average Bonchev–Trinajstić information content (AvgIpc) is 1.99. The summed E-state index contributed by atoms with van der Waals surface area (Å²) in [6.45, 7) is 0. The lowest BCUT2D eigenvalue weighted by atomic mass is 10.5. The maximum Gasteiger partial charge on any atom is 0.483 e. The van der Waals surface area contributed by atoms with E-state index in [0.29, 0.717) is 0 Å². The Morgan fingerprint density at radius 3 is 1.19 bits per heavy atom. The minimum absolute atomic E-state index is 1.34. The highest BCUT2D eigenvalue weighted by atomic mass is 19.4. The van der Waals surface area contributed by atoms with Gasteiger partial charge in [-0.2, -0.15) is 39.5 Å². The van der Waals surface area contributed by atoms with Crippen LogP contribution in [0.15, 0.2) is 0 Å². The first-order chi connectivity index (χ1) is 6.77. The predicted molar refractivity (Wildman–Crippen MR) is 24.2 cm³/mol. The van der Waals surface area contributed by atoms with Gasteiger partial charge in [-0.3, -0.25) is 0 Å². The van der Waals surface area contributed by atoms with Crippen molar-refractivity contribution in [2.24, 2.45) is 0 Å². The molecule has 0 spiro atoms. The number of alkyl halides is 9. The van der Waals surface area contributed by atoms with Gasteiger partial charge in [-0.25, -0.2) is 4.74 Å². The molecule has 0 saturated carbocycles. The smallest absolute Gasteiger partial charge is 0.242 e. The van der Waals surface area contributed by atoms with E-state index in [9.17, 15) is 44.0 Å². The molecule has 2 nitrogen and oxygen atoms in total. The van der Waals surface area contributed by atoms with E-state index in [4.69, 9.17) is 0 Å². The average molecular weight is 270 g/mol. The normalized spacial score (nSPS) is 18.4. The van der Waals surface area contributed by atoms with Crippen molar-refractivity contribution in [2.75, 3.05) is 0 Å². The fourth-order valence-electron chi connectivity index (χ4n) is 0.340. The molecule has 0 N–H and O–H groups in total. The van der Waals surface area contributed by atoms with Crippen LogP contribution >= 0.6 is 0 Å². The van der Waals surface area contributed by atoms with Crippen LogP contribution in [0, 0.1) is 0 Å². The lowest BCUT2D eigenvalue weighted by Crippen LogP contribution is -2.53. The Morgan fingerprint density at radius 2 is 1.00 bits per heavy atom. The van der Waals surface area contributed by atoms with Crippen LogP contribution in [0.2, 0.25) is 0 Å². The molecule has 98 valence electrons. The van der Waals surface area contributed by atoms with E-state index in [2.05, 4.69) is 0 Å². The molecule has 0 amide bonds. The summed E-state index contributed by atoms with van der Waals surface area (Å²) in [6, 6.07) is -6.22. The SMILES string of the molecule is FOC(F)(OC(F)(F)C(F)(F)F)C(F)(F)F. The Kier molecular flexibility index (Phi) is 3.72. The number of halogens is 10.